The number of nitrogens with one attached hydrogen (secondary N) is 2. The highest BCUT2D eigenvalue weighted by atomic mass is 19.1. The van der Waals surface area contributed by atoms with Crippen LogP contribution in [0.4, 0.5) is 4.39 Å². The number of rotatable bonds is 7. The summed E-state index contributed by atoms with van der Waals surface area (Å²) in [6.45, 7) is 7.09. The molecule has 0 saturated heterocycles. The first kappa shape index (κ1) is 17.5. The van der Waals surface area contributed by atoms with Crippen LogP contribution in [0.1, 0.15) is 37.8 Å². The summed E-state index contributed by atoms with van der Waals surface area (Å²) in [6, 6.07) is 3.01. The standard InChI is InChI=1S/C17H26FN3O2/c1-3-5-7-20-17(19-4-2)21-8-6-13-9-15(18)10-14-11-22-12-23-16(13)14/h9-10H,3-8,11-12H2,1-2H3,(H2,19,20,21). The lowest BCUT2D eigenvalue weighted by Crippen LogP contribution is -2.38. The summed E-state index contributed by atoms with van der Waals surface area (Å²) in [5.41, 5.74) is 1.63. The van der Waals surface area contributed by atoms with Crippen molar-refractivity contribution in [1.82, 2.24) is 10.6 Å². The average molecular weight is 323 g/mol. The van der Waals surface area contributed by atoms with E-state index in [1.165, 1.54) is 12.1 Å². The normalized spacial score (nSPS) is 14.1. The Hall–Kier alpha value is -1.82. The molecule has 1 aromatic carbocycles. The summed E-state index contributed by atoms with van der Waals surface area (Å²) < 4.78 is 24.4. The zero-order chi connectivity index (χ0) is 16.5. The largest absolute Gasteiger partial charge is 0.467 e. The van der Waals surface area contributed by atoms with Gasteiger partial charge in [-0.1, -0.05) is 13.3 Å². The maximum absolute atomic E-state index is 13.7. The number of halogens is 1. The van der Waals surface area contributed by atoms with E-state index in [1.807, 2.05) is 6.92 Å². The molecule has 6 heteroatoms. The fraction of sp³-hybridized carbons (Fsp3) is 0.588. The number of unbranched alkanes of at least 4 members (excludes halogenated alkanes) is 1. The first-order valence-corrected chi connectivity index (χ1v) is 8.28. The zero-order valence-electron chi connectivity index (χ0n) is 14.0. The van der Waals surface area contributed by atoms with Crippen molar-refractivity contribution in [3.63, 3.8) is 0 Å². The van der Waals surface area contributed by atoms with Crippen molar-refractivity contribution >= 4 is 5.96 Å². The topological polar surface area (TPSA) is 54.9 Å². The van der Waals surface area contributed by atoms with Gasteiger partial charge < -0.3 is 20.1 Å². The SMILES string of the molecule is CCCCN=C(NCC)NCCc1cc(F)cc2c1OCOC2. The van der Waals surface area contributed by atoms with E-state index in [9.17, 15) is 4.39 Å². The Labute approximate surface area is 137 Å². The third-order valence-corrected chi connectivity index (χ3v) is 3.56. The third-order valence-electron chi connectivity index (χ3n) is 3.56. The van der Waals surface area contributed by atoms with Gasteiger partial charge in [-0.3, -0.25) is 4.99 Å². The van der Waals surface area contributed by atoms with E-state index >= 15 is 0 Å². The molecular formula is C17H26FN3O2. The first-order valence-electron chi connectivity index (χ1n) is 8.28. The molecule has 0 amide bonds. The highest BCUT2D eigenvalue weighted by Crippen LogP contribution is 2.29. The molecule has 2 rings (SSSR count). The summed E-state index contributed by atoms with van der Waals surface area (Å²) >= 11 is 0. The van der Waals surface area contributed by atoms with Gasteiger partial charge in [-0.15, -0.1) is 0 Å². The minimum Gasteiger partial charge on any atom is -0.467 e. The van der Waals surface area contributed by atoms with Crippen LogP contribution in [0.3, 0.4) is 0 Å². The summed E-state index contributed by atoms with van der Waals surface area (Å²) in [6.07, 6.45) is 2.86. The maximum Gasteiger partial charge on any atom is 0.191 e. The summed E-state index contributed by atoms with van der Waals surface area (Å²) in [5, 5.41) is 6.50. The van der Waals surface area contributed by atoms with Crippen LogP contribution in [0.25, 0.3) is 0 Å². The van der Waals surface area contributed by atoms with Crippen molar-refractivity contribution < 1.29 is 13.9 Å². The molecule has 1 aliphatic rings. The second kappa shape index (κ2) is 9.35. The lowest BCUT2D eigenvalue weighted by molar-refractivity contribution is -0.0172. The zero-order valence-corrected chi connectivity index (χ0v) is 14.0. The summed E-state index contributed by atoms with van der Waals surface area (Å²) in [4.78, 5) is 4.51. The highest BCUT2D eigenvalue weighted by Gasteiger charge is 2.16. The molecule has 0 atom stereocenters. The van der Waals surface area contributed by atoms with Gasteiger partial charge in [0.05, 0.1) is 6.61 Å². The van der Waals surface area contributed by atoms with Crippen LogP contribution in [-0.4, -0.2) is 32.4 Å². The van der Waals surface area contributed by atoms with Crippen LogP contribution < -0.4 is 15.4 Å². The van der Waals surface area contributed by atoms with Crippen LogP contribution in [0.5, 0.6) is 5.75 Å². The molecule has 0 fully saturated rings. The molecule has 1 heterocycles. The quantitative estimate of drug-likeness (QED) is 0.460. The fourth-order valence-electron chi connectivity index (χ4n) is 2.45. The number of ether oxygens (including phenoxy) is 2. The molecule has 1 aliphatic heterocycles. The molecule has 1 aromatic rings. The van der Waals surface area contributed by atoms with E-state index in [0.717, 1.165) is 48.8 Å². The second-order valence-electron chi connectivity index (χ2n) is 5.45. The van der Waals surface area contributed by atoms with Crippen LogP contribution in [0, 0.1) is 5.82 Å². The predicted molar refractivity (Wildman–Crippen MR) is 89.3 cm³/mol. The van der Waals surface area contributed by atoms with Crippen molar-refractivity contribution in [3.8, 4) is 5.75 Å². The van der Waals surface area contributed by atoms with E-state index in [1.54, 1.807) is 0 Å². The maximum atomic E-state index is 13.7. The number of hydrogen-bond donors (Lipinski definition) is 2. The lowest BCUT2D eigenvalue weighted by Gasteiger charge is -2.21. The van der Waals surface area contributed by atoms with Crippen molar-refractivity contribution in [3.05, 3.63) is 29.1 Å². The van der Waals surface area contributed by atoms with Crippen LogP contribution >= 0.6 is 0 Å². The number of nitrogens with zero attached hydrogens (tertiary/aromatic N) is 1. The van der Waals surface area contributed by atoms with Crippen molar-refractivity contribution in [1.29, 1.82) is 0 Å². The number of benzene rings is 1. The van der Waals surface area contributed by atoms with Gasteiger partial charge in [-0.25, -0.2) is 4.39 Å². The fourth-order valence-corrected chi connectivity index (χ4v) is 2.45. The molecule has 0 bridgehead atoms. The Morgan fingerprint density at radius 1 is 1.30 bits per heavy atom. The molecule has 128 valence electrons. The Kier molecular flexibility index (Phi) is 7.13. The molecular weight excluding hydrogens is 297 g/mol. The number of guanidine groups is 1. The Morgan fingerprint density at radius 2 is 2.17 bits per heavy atom. The van der Waals surface area contributed by atoms with Crippen molar-refractivity contribution in [2.45, 2.75) is 39.7 Å². The van der Waals surface area contributed by atoms with Gasteiger partial charge in [0.25, 0.3) is 0 Å². The van der Waals surface area contributed by atoms with Crippen molar-refractivity contribution in [2.75, 3.05) is 26.4 Å². The van der Waals surface area contributed by atoms with E-state index in [0.29, 0.717) is 19.6 Å². The number of aliphatic imine (C=N–C) groups is 1. The smallest absolute Gasteiger partial charge is 0.191 e. The molecule has 0 aromatic heterocycles. The highest BCUT2D eigenvalue weighted by molar-refractivity contribution is 5.79. The Bertz CT molecular complexity index is 535. The van der Waals surface area contributed by atoms with E-state index in [4.69, 9.17) is 9.47 Å². The monoisotopic (exact) mass is 323 g/mol. The molecule has 23 heavy (non-hydrogen) atoms. The molecule has 0 aliphatic carbocycles. The van der Waals surface area contributed by atoms with Gasteiger partial charge in [-0.2, -0.15) is 0 Å². The predicted octanol–water partition coefficient (Wildman–Crippen LogP) is 2.59. The van der Waals surface area contributed by atoms with E-state index in [2.05, 4.69) is 22.5 Å². The number of hydrogen-bond acceptors (Lipinski definition) is 3. The van der Waals surface area contributed by atoms with Gasteiger partial charge in [0, 0.05) is 25.2 Å². The Morgan fingerprint density at radius 3 is 2.96 bits per heavy atom. The van der Waals surface area contributed by atoms with Crippen LogP contribution in [0.2, 0.25) is 0 Å². The summed E-state index contributed by atoms with van der Waals surface area (Å²) in [7, 11) is 0. The molecule has 2 N–H and O–H groups in total. The molecule has 0 unspecified atom stereocenters. The lowest BCUT2D eigenvalue weighted by atomic mass is 10.1. The van der Waals surface area contributed by atoms with E-state index < -0.39 is 0 Å². The Balaban J connectivity index is 1.94. The van der Waals surface area contributed by atoms with Crippen LogP contribution in [-0.2, 0) is 17.8 Å². The van der Waals surface area contributed by atoms with E-state index in [-0.39, 0.29) is 12.6 Å². The van der Waals surface area contributed by atoms with Crippen molar-refractivity contribution in [2.24, 2.45) is 4.99 Å². The van der Waals surface area contributed by atoms with Gasteiger partial charge in [0.2, 0.25) is 0 Å². The minimum atomic E-state index is -0.253. The molecule has 5 nitrogen and oxygen atoms in total. The van der Waals surface area contributed by atoms with Crippen LogP contribution in [0.15, 0.2) is 17.1 Å². The van der Waals surface area contributed by atoms with Gasteiger partial charge >= 0.3 is 0 Å². The third kappa shape index (κ3) is 5.39. The number of fused-ring (bicyclic) bond motifs is 1. The summed E-state index contributed by atoms with van der Waals surface area (Å²) in [5.74, 6) is 1.30. The second-order valence-corrected chi connectivity index (χ2v) is 5.45. The average Bonchev–Trinajstić information content (AvgIpc) is 2.55. The molecule has 0 spiro atoms. The molecule has 0 radical (unpaired) electrons. The van der Waals surface area contributed by atoms with Gasteiger partial charge in [-0.05, 0) is 37.5 Å². The minimum absolute atomic E-state index is 0.222. The van der Waals surface area contributed by atoms with Gasteiger partial charge in [0.1, 0.15) is 11.6 Å². The first-order chi connectivity index (χ1) is 11.2. The van der Waals surface area contributed by atoms with Gasteiger partial charge in [0.15, 0.2) is 12.8 Å². The molecule has 0 saturated carbocycles.